The van der Waals surface area contributed by atoms with Crippen LogP contribution in [0.15, 0.2) is 0 Å². The van der Waals surface area contributed by atoms with Gasteiger partial charge in [-0.15, -0.1) is 0 Å². The summed E-state index contributed by atoms with van der Waals surface area (Å²) in [5.41, 5.74) is 2.33. The van der Waals surface area contributed by atoms with Crippen molar-refractivity contribution < 1.29 is 61.9 Å². The molecule has 3 unspecified atom stereocenters. The lowest BCUT2D eigenvalue weighted by molar-refractivity contribution is -0.154. The molecular weight excluding hydrogens is 1190 g/mol. The molecule has 3 atom stereocenters. The van der Waals surface area contributed by atoms with Gasteiger partial charge in [-0.2, -0.15) is 0 Å². The van der Waals surface area contributed by atoms with Crippen molar-refractivity contribution in [2.24, 2.45) is 78.8 Å². The molecule has 0 saturated heterocycles. The van der Waals surface area contributed by atoms with Gasteiger partial charge in [0.1, 0.15) is 6.61 Å². The number of ether oxygens (including phenoxy) is 7. The predicted molar refractivity (Wildman–Crippen MR) is 404 cm³/mol. The van der Waals surface area contributed by atoms with Crippen molar-refractivity contribution in [3.05, 3.63) is 0 Å². The second-order valence-corrected chi connectivity index (χ2v) is 38.1. The van der Waals surface area contributed by atoms with Gasteiger partial charge in [0.2, 0.25) is 0 Å². The maximum Gasteiger partial charge on any atom is 0.332 e. The summed E-state index contributed by atoms with van der Waals surface area (Å²) in [6.45, 7) is 84.7. The number of rotatable bonds is 24. The van der Waals surface area contributed by atoms with E-state index in [0.29, 0.717) is 79.7 Å². The fourth-order valence-corrected chi connectivity index (χ4v) is 7.79. The van der Waals surface area contributed by atoms with Crippen LogP contribution in [0.1, 0.15) is 366 Å². The summed E-state index contributed by atoms with van der Waals surface area (Å²) in [4.78, 5) is 67.6. The van der Waals surface area contributed by atoms with Crippen molar-refractivity contribution in [3.8, 4) is 0 Å². The Morgan fingerprint density at radius 1 is 0.389 bits per heavy atom. The standard InChI is InChI=1S/C13H24O2.2C12H24O2.2C11H22O2.C10H20O3.C7H16.C6H14/c1-10(9-13(2,3)4)15-12(14)11-7-5-6-8-11;1-9(2)7-11(13)14-10(3)8-12(4,5)6;1-10(2)9-11(13)14-8-6-7-12(3,4)5;1-8(2)10(12)13-9(3)7-11(4,5)6;1-9(2)8-10(12)13-7-6-11(3,4)5;1-5-6-12-7-9(11)13-8-10(2,3)4;1-6(2)7(3,4)5;1-5-6(2,3)4/h10-11H,5-9H2,1-4H3;9-10H,7-8H2,1-6H3;10H,6-9H2,1-5H3;8-9H,7H2,1-6H3;9H,6-8H2,1-5H3;5-8H2,1-4H3;6H,1-5H3;5H2,1-4H3. The molecule has 0 amide bonds. The summed E-state index contributed by atoms with van der Waals surface area (Å²) in [5.74, 6) is 1.58. The molecule has 1 fully saturated rings. The molecule has 13 nitrogen and oxygen atoms in total. The van der Waals surface area contributed by atoms with E-state index in [1.165, 1.54) is 19.3 Å². The number of carbonyl (C=O) groups is 6. The normalized spacial score (nSPS) is 13.9. The van der Waals surface area contributed by atoms with Gasteiger partial charge >= 0.3 is 35.8 Å². The van der Waals surface area contributed by atoms with E-state index in [0.717, 1.165) is 63.7 Å². The smallest absolute Gasteiger partial charge is 0.332 e. The van der Waals surface area contributed by atoms with E-state index < -0.39 is 0 Å². The van der Waals surface area contributed by atoms with E-state index >= 15 is 0 Å². The molecule has 0 aromatic carbocycles. The lowest BCUT2D eigenvalue weighted by atomic mass is 9.84. The molecule has 95 heavy (non-hydrogen) atoms. The monoisotopic (exact) mass is 1360 g/mol. The SMILES string of the molecule is CC(C)C(C)(C)C.CC(C)CC(=O)OC(C)CC(C)(C)C.CC(C)CC(=O)OCCC(C)(C)C.CC(C)CC(=O)OCCCC(C)(C)C.CC(CC(C)(C)C)OC(=O)C(C)C.CC(CC(C)(C)C)OC(=O)C1CCCC1.CCC(C)(C)C.CCCOCC(=O)OCC(C)(C)C. The van der Waals surface area contributed by atoms with Crippen LogP contribution in [0.5, 0.6) is 0 Å². The highest BCUT2D eigenvalue weighted by atomic mass is 16.6. The van der Waals surface area contributed by atoms with Gasteiger partial charge in [0, 0.05) is 25.9 Å². The number of hydrogen-bond donors (Lipinski definition) is 0. The first kappa shape index (κ1) is 105. The zero-order chi connectivity index (χ0) is 76.8. The molecule has 0 aromatic rings. The molecule has 1 saturated carbocycles. The van der Waals surface area contributed by atoms with Gasteiger partial charge < -0.3 is 33.2 Å². The molecule has 0 heterocycles. The molecule has 0 bridgehead atoms. The fourth-order valence-electron chi connectivity index (χ4n) is 7.79. The van der Waals surface area contributed by atoms with Crippen LogP contribution in [0.3, 0.4) is 0 Å². The summed E-state index contributed by atoms with van der Waals surface area (Å²) in [6.07, 6.45) is 14.1. The van der Waals surface area contributed by atoms with E-state index in [2.05, 4.69) is 166 Å². The van der Waals surface area contributed by atoms with Crippen molar-refractivity contribution in [1.82, 2.24) is 0 Å². The van der Waals surface area contributed by atoms with Gasteiger partial charge in [0.05, 0.1) is 50.0 Å². The van der Waals surface area contributed by atoms with Gasteiger partial charge in [-0.25, -0.2) is 4.79 Å². The van der Waals surface area contributed by atoms with Crippen LogP contribution in [0.25, 0.3) is 0 Å². The van der Waals surface area contributed by atoms with Gasteiger partial charge in [-0.05, 0) is 146 Å². The zero-order valence-electron chi connectivity index (χ0n) is 70.6. The second kappa shape index (κ2) is 53.7. The minimum Gasteiger partial charge on any atom is -0.466 e. The van der Waals surface area contributed by atoms with Crippen LogP contribution >= 0.6 is 0 Å². The van der Waals surface area contributed by atoms with Crippen molar-refractivity contribution in [1.29, 1.82) is 0 Å². The van der Waals surface area contributed by atoms with Crippen LogP contribution in [0.4, 0.5) is 0 Å². The third-order valence-corrected chi connectivity index (χ3v) is 14.0. The first-order valence-electron chi connectivity index (χ1n) is 37.0. The first-order valence-corrected chi connectivity index (χ1v) is 37.0. The van der Waals surface area contributed by atoms with E-state index in [4.69, 9.17) is 33.2 Å². The largest absolute Gasteiger partial charge is 0.466 e. The third kappa shape index (κ3) is 97.2. The van der Waals surface area contributed by atoms with Crippen LogP contribution in [-0.2, 0) is 61.9 Å². The second-order valence-electron chi connectivity index (χ2n) is 38.1. The van der Waals surface area contributed by atoms with Crippen molar-refractivity contribution in [2.75, 3.05) is 33.0 Å². The maximum absolute atomic E-state index is 11.7. The summed E-state index contributed by atoms with van der Waals surface area (Å²) in [6, 6.07) is 0. The highest BCUT2D eigenvalue weighted by molar-refractivity contribution is 5.73. The lowest BCUT2D eigenvalue weighted by Gasteiger charge is -2.24. The van der Waals surface area contributed by atoms with Crippen LogP contribution in [0.2, 0.25) is 0 Å². The fraction of sp³-hybridized carbons (Fsp3) is 0.927. The molecule has 572 valence electrons. The molecule has 13 heteroatoms. The molecule has 0 spiro atoms. The Balaban J connectivity index is -0.000000189. The van der Waals surface area contributed by atoms with E-state index in [1.54, 1.807) is 0 Å². The van der Waals surface area contributed by atoms with E-state index in [-0.39, 0.29) is 99.6 Å². The molecule has 1 aliphatic carbocycles. The Morgan fingerprint density at radius 3 is 1.04 bits per heavy atom. The van der Waals surface area contributed by atoms with Gasteiger partial charge in [0.15, 0.2) is 0 Å². The molecular formula is C82H166O13. The maximum atomic E-state index is 11.7. The van der Waals surface area contributed by atoms with Gasteiger partial charge in [0.25, 0.3) is 0 Å². The average molecular weight is 1360 g/mol. The molecule has 0 radical (unpaired) electrons. The van der Waals surface area contributed by atoms with E-state index in [9.17, 15) is 28.8 Å². The lowest BCUT2D eigenvalue weighted by Crippen LogP contribution is -2.24. The quantitative estimate of drug-likeness (QED) is 0.0509. The average Bonchev–Trinajstić information content (AvgIpc) is 1.93. The van der Waals surface area contributed by atoms with Crippen molar-refractivity contribution in [2.45, 2.75) is 385 Å². The molecule has 1 rings (SSSR count). The summed E-state index contributed by atoms with van der Waals surface area (Å²) < 4.78 is 36.2. The minimum absolute atomic E-state index is 0.0231. The molecule has 0 aliphatic heterocycles. The number of carbonyl (C=O) groups excluding carboxylic acids is 6. The Labute approximate surface area is 591 Å². The van der Waals surface area contributed by atoms with Crippen molar-refractivity contribution >= 4 is 35.8 Å². The van der Waals surface area contributed by atoms with Crippen molar-refractivity contribution in [3.63, 3.8) is 0 Å². The van der Waals surface area contributed by atoms with E-state index in [1.807, 2.05) is 104 Å². The Morgan fingerprint density at radius 2 is 0.737 bits per heavy atom. The summed E-state index contributed by atoms with van der Waals surface area (Å²) in [5, 5.41) is 0. The Kier molecular flexibility index (Phi) is 59.4. The zero-order valence-corrected chi connectivity index (χ0v) is 70.6. The van der Waals surface area contributed by atoms with Crippen LogP contribution in [0, 0.1) is 78.8 Å². The molecule has 0 N–H and O–H groups in total. The topological polar surface area (TPSA) is 167 Å². The predicted octanol–water partition coefficient (Wildman–Crippen LogP) is 23.5. The highest BCUT2D eigenvalue weighted by Crippen LogP contribution is 2.29. The highest BCUT2D eigenvalue weighted by Gasteiger charge is 2.27. The first-order chi connectivity index (χ1) is 42.4. The van der Waals surface area contributed by atoms with Gasteiger partial charge in [-0.1, -0.05) is 269 Å². The number of hydrogen-bond acceptors (Lipinski definition) is 13. The molecule has 0 aromatic heterocycles. The molecule has 1 aliphatic rings. The van der Waals surface area contributed by atoms with Crippen LogP contribution < -0.4 is 0 Å². The van der Waals surface area contributed by atoms with Gasteiger partial charge in [-0.3, -0.25) is 24.0 Å². The number of esters is 6. The van der Waals surface area contributed by atoms with Crippen LogP contribution in [-0.4, -0.2) is 87.2 Å². The summed E-state index contributed by atoms with van der Waals surface area (Å²) in [7, 11) is 0. The third-order valence-electron chi connectivity index (χ3n) is 14.0. The minimum atomic E-state index is -0.275. The summed E-state index contributed by atoms with van der Waals surface area (Å²) >= 11 is 0. The Bertz CT molecular complexity index is 1900. The Hall–Kier alpha value is -3.22.